The molecule has 15 heavy (non-hydrogen) atoms. The Balaban J connectivity index is 2.52. The molecule has 2 rings (SSSR count). The highest BCUT2D eigenvalue weighted by Gasteiger charge is 2.05. The van der Waals surface area contributed by atoms with Crippen LogP contribution in [0.2, 0.25) is 0 Å². The summed E-state index contributed by atoms with van der Waals surface area (Å²) in [5, 5.41) is 0.739. The van der Waals surface area contributed by atoms with E-state index in [1.54, 1.807) is 6.20 Å². The molecule has 4 heteroatoms. The Bertz CT molecular complexity index is 457. The number of hydrogen-bond donors (Lipinski definition) is 1. The lowest BCUT2D eigenvalue weighted by molar-refractivity contribution is 0.980. The molecule has 0 fully saturated rings. The van der Waals surface area contributed by atoms with Crippen molar-refractivity contribution in [1.29, 1.82) is 0 Å². The highest BCUT2D eigenvalue weighted by molar-refractivity contribution is 7.98. The fourth-order valence-corrected chi connectivity index (χ4v) is 1.64. The normalized spacial score (nSPS) is 10.2. The van der Waals surface area contributed by atoms with Crippen molar-refractivity contribution >= 4 is 17.4 Å². The molecule has 0 spiro atoms. The summed E-state index contributed by atoms with van der Waals surface area (Å²) < 4.78 is 0. The van der Waals surface area contributed by atoms with E-state index in [1.807, 2.05) is 36.6 Å². The fourth-order valence-electron chi connectivity index (χ4n) is 1.30. The minimum atomic E-state index is 0.610. The summed E-state index contributed by atoms with van der Waals surface area (Å²) in [5.74, 6) is 0. The summed E-state index contributed by atoms with van der Waals surface area (Å²) in [6.07, 6.45) is 3.60. The van der Waals surface area contributed by atoms with Crippen LogP contribution in [0, 0.1) is 0 Å². The first-order valence-electron chi connectivity index (χ1n) is 4.53. The summed E-state index contributed by atoms with van der Waals surface area (Å²) in [6, 6.07) is 9.88. The lowest BCUT2D eigenvalue weighted by Gasteiger charge is -2.05. The second-order valence-electron chi connectivity index (χ2n) is 3.03. The van der Waals surface area contributed by atoms with Crippen LogP contribution < -0.4 is 5.73 Å². The Morgan fingerprint density at radius 3 is 2.60 bits per heavy atom. The van der Waals surface area contributed by atoms with Gasteiger partial charge in [0, 0.05) is 5.56 Å². The molecule has 0 atom stereocenters. The molecular formula is C11H11N3S. The van der Waals surface area contributed by atoms with Gasteiger partial charge in [0.05, 0.1) is 17.6 Å². The van der Waals surface area contributed by atoms with Crippen molar-refractivity contribution in [3.05, 3.63) is 36.5 Å². The maximum atomic E-state index is 5.84. The maximum Gasteiger partial charge on any atom is 0.187 e. The van der Waals surface area contributed by atoms with Crippen LogP contribution in [0.25, 0.3) is 11.3 Å². The number of anilines is 1. The number of nitrogens with two attached hydrogens (primary N) is 1. The Kier molecular flexibility index (Phi) is 2.87. The van der Waals surface area contributed by atoms with Gasteiger partial charge in [-0.2, -0.15) is 0 Å². The molecule has 1 aromatic heterocycles. The van der Waals surface area contributed by atoms with Crippen LogP contribution in [0.15, 0.2) is 41.7 Å². The Hall–Kier alpha value is -1.55. The van der Waals surface area contributed by atoms with Crippen LogP contribution in [-0.4, -0.2) is 16.2 Å². The largest absolute Gasteiger partial charge is 0.396 e. The van der Waals surface area contributed by atoms with Gasteiger partial charge in [-0.3, -0.25) is 0 Å². The molecule has 2 aromatic rings. The smallest absolute Gasteiger partial charge is 0.187 e. The van der Waals surface area contributed by atoms with Crippen molar-refractivity contribution in [3.63, 3.8) is 0 Å². The molecule has 0 radical (unpaired) electrons. The number of aromatic nitrogens is 2. The molecule has 0 aliphatic rings. The monoisotopic (exact) mass is 217 g/mol. The fraction of sp³-hybridized carbons (Fsp3) is 0.0909. The van der Waals surface area contributed by atoms with Gasteiger partial charge in [0.2, 0.25) is 0 Å². The van der Waals surface area contributed by atoms with Crippen LogP contribution in [0.3, 0.4) is 0 Å². The average molecular weight is 217 g/mol. The zero-order valence-electron chi connectivity index (χ0n) is 8.34. The van der Waals surface area contributed by atoms with Crippen molar-refractivity contribution in [3.8, 4) is 11.3 Å². The quantitative estimate of drug-likeness (QED) is 0.620. The predicted molar refractivity (Wildman–Crippen MR) is 63.7 cm³/mol. The van der Waals surface area contributed by atoms with Crippen molar-refractivity contribution in [2.24, 2.45) is 0 Å². The van der Waals surface area contributed by atoms with Crippen molar-refractivity contribution in [2.45, 2.75) is 5.16 Å². The number of nitrogens with zero attached hydrogens (tertiary/aromatic N) is 2. The van der Waals surface area contributed by atoms with Crippen molar-refractivity contribution < 1.29 is 0 Å². The Labute approximate surface area is 92.8 Å². The number of rotatable bonds is 2. The van der Waals surface area contributed by atoms with E-state index in [9.17, 15) is 0 Å². The number of thioether (sulfide) groups is 1. The molecule has 2 N–H and O–H groups in total. The summed E-state index contributed by atoms with van der Waals surface area (Å²) in [6.45, 7) is 0. The molecule has 0 bridgehead atoms. The summed E-state index contributed by atoms with van der Waals surface area (Å²) in [4.78, 5) is 8.50. The van der Waals surface area contributed by atoms with E-state index in [2.05, 4.69) is 9.97 Å². The summed E-state index contributed by atoms with van der Waals surface area (Å²) in [7, 11) is 0. The molecule has 76 valence electrons. The van der Waals surface area contributed by atoms with Crippen molar-refractivity contribution in [1.82, 2.24) is 9.97 Å². The van der Waals surface area contributed by atoms with Gasteiger partial charge < -0.3 is 5.73 Å². The molecule has 0 aliphatic heterocycles. The van der Waals surface area contributed by atoms with E-state index in [4.69, 9.17) is 5.73 Å². The first kappa shape index (κ1) is 9.98. The number of benzene rings is 1. The first-order valence-corrected chi connectivity index (χ1v) is 5.75. The average Bonchev–Trinajstić information content (AvgIpc) is 2.31. The highest BCUT2D eigenvalue weighted by Crippen LogP contribution is 2.24. The topological polar surface area (TPSA) is 51.8 Å². The minimum Gasteiger partial charge on any atom is -0.396 e. The maximum absolute atomic E-state index is 5.84. The zero-order valence-corrected chi connectivity index (χ0v) is 9.16. The van der Waals surface area contributed by atoms with Gasteiger partial charge in [-0.15, -0.1) is 0 Å². The molecule has 1 heterocycles. The molecule has 0 unspecified atom stereocenters. The van der Waals surface area contributed by atoms with Crippen LogP contribution in [0.5, 0.6) is 0 Å². The molecule has 1 aromatic carbocycles. The van der Waals surface area contributed by atoms with Gasteiger partial charge in [0.1, 0.15) is 0 Å². The number of nitrogen functional groups attached to an aromatic ring is 1. The third-order valence-corrected chi connectivity index (χ3v) is 2.59. The second kappa shape index (κ2) is 4.31. The van der Waals surface area contributed by atoms with E-state index in [-0.39, 0.29) is 0 Å². The second-order valence-corrected chi connectivity index (χ2v) is 3.80. The SMILES string of the molecule is CSc1ncc(N)c(-c2ccccc2)n1. The van der Waals surface area contributed by atoms with Gasteiger partial charge in [-0.1, -0.05) is 42.1 Å². The summed E-state index contributed by atoms with van der Waals surface area (Å²) in [5.41, 5.74) is 8.27. The van der Waals surface area contributed by atoms with Crippen molar-refractivity contribution in [2.75, 3.05) is 12.0 Å². The molecule has 0 amide bonds. The molecule has 3 nitrogen and oxygen atoms in total. The standard InChI is InChI=1S/C11H11N3S/c1-15-11-13-7-9(12)10(14-11)8-5-3-2-4-6-8/h2-7H,12H2,1H3. The highest BCUT2D eigenvalue weighted by atomic mass is 32.2. The van der Waals surface area contributed by atoms with Crippen LogP contribution in [-0.2, 0) is 0 Å². The Morgan fingerprint density at radius 2 is 1.93 bits per heavy atom. The van der Waals surface area contributed by atoms with Crippen LogP contribution in [0.1, 0.15) is 0 Å². The van der Waals surface area contributed by atoms with Crippen LogP contribution >= 0.6 is 11.8 Å². The Morgan fingerprint density at radius 1 is 1.20 bits per heavy atom. The molecule has 0 aliphatic carbocycles. The van der Waals surface area contributed by atoms with Gasteiger partial charge in [-0.25, -0.2) is 9.97 Å². The third kappa shape index (κ3) is 2.10. The van der Waals surface area contributed by atoms with E-state index in [1.165, 1.54) is 11.8 Å². The molecule has 0 saturated carbocycles. The lowest BCUT2D eigenvalue weighted by Crippen LogP contribution is -1.96. The van der Waals surface area contributed by atoms with E-state index in [0.29, 0.717) is 5.69 Å². The van der Waals surface area contributed by atoms with Gasteiger partial charge in [0.15, 0.2) is 5.16 Å². The number of hydrogen-bond acceptors (Lipinski definition) is 4. The minimum absolute atomic E-state index is 0.610. The van der Waals surface area contributed by atoms with Crippen LogP contribution in [0.4, 0.5) is 5.69 Å². The van der Waals surface area contributed by atoms with E-state index >= 15 is 0 Å². The first-order chi connectivity index (χ1) is 7.31. The van der Waals surface area contributed by atoms with Gasteiger partial charge in [0.25, 0.3) is 0 Å². The van der Waals surface area contributed by atoms with Gasteiger partial charge >= 0.3 is 0 Å². The predicted octanol–water partition coefficient (Wildman–Crippen LogP) is 2.45. The summed E-state index contributed by atoms with van der Waals surface area (Å²) >= 11 is 1.51. The van der Waals surface area contributed by atoms with E-state index in [0.717, 1.165) is 16.4 Å². The lowest BCUT2D eigenvalue weighted by atomic mass is 10.1. The molecular weight excluding hydrogens is 206 g/mol. The molecule has 0 saturated heterocycles. The van der Waals surface area contributed by atoms with E-state index < -0.39 is 0 Å². The van der Waals surface area contributed by atoms with Gasteiger partial charge in [-0.05, 0) is 6.26 Å². The third-order valence-electron chi connectivity index (χ3n) is 2.02. The zero-order chi connectivity index (χ0) is 10.7.